The predicted octanol–water partition coefficient (Wildman–Crippen LogP) is 6.03. The fraction of sp³-hybridized carbons (Fsp3) is 0.950. The smallest absolute Gasteiger partial charge is 0.407 e. The first-order chi connectivity index (χ1) is 10.8. The highest BCUT2D eigenvalue weighted by Crippen LogP contribution is 2.20. The molecule has 0 spiro atoms. The van der Waals surface area contributed by atoms with E-state index in [1.807, 2.05) is 0 Å². The van der Waals surface area contributed by atoms with Gasteiger partial charge in [0.1, 0.15) is 0 Å². The van der Waals surface area contributed by atoms with Crippen LogP contribution in [-0.4, -0.2) is 19.2 Å². The molecule has 1 unspecified atom stereocenters. The molecular weight excluding hydrogens is 286 g/mol. The molecule has 0 aliphatic rings. The number of hydrogen-bond donors (Lipinski definition) is 1. The number of nitrogens with one attached hydrogen (secondary N) is 1. The lowest BCUT2D eigenvalue weighted by atomic mass is 9.88. The summed E-state index contributed by atoms with van der Waals surface area (Å²) < 4.78 is 5.39. The van der Waals surface area contributed by atoms with Crippen molar-refractivity contribution in [2.45, 2.75) is 86.5 Å². The summed E-state index contributed by atoms with van der Waals surface area (Å²) in [6.07, 6.45) is 8.36. The standard InChI is InChI=1S/C20H41NO2/c1-16(2)12-10-8-7-9-11-13-21-20(22)23-15-19(18(5)6)14-17(3)4/h16-19H,7-15H2,1-6H3,(H,21,22). The van der Waals surface area contributed by atoms with Gasteiger partial charge in [0, 0.05) is 6.54 Å². The second kappa shape index (κ2) is 13.7. The Morgan fingerprint density at radius 2 is 1.48 bits per heavy atom. The molecule has 0 aromatic carbocycles. The summed E-state index contributed by atoms with van der Waals surface area (Å²) in [5.41, 5.74) is 0. The van der Waals surface area contributed by atoms with Gasteiger partial charge in [-0.15, -0.1) is 0 Å². The van der Waals surface area contributed by atoms with E-state index in [2.05, 4.69) is 46.9 Å². The van der Waals surface area contributed by atoms with E-state index in [0.29, 0.717) is 24.4 Å². The number of ether oxygens (including phenoxy) is 1. The van der Waals surface area contributed by atoms with Crippen LogP contribution in [0.4, 0.5) is 4.79 Å². The number of hydrogen-bond acceptors (Lipinski definition) is 2. The van der Waals surface area contributed by atoms with Crippen molar-refractivity contribution in [3.8, 4) is 0 Å². The fourth-order valence-electron chi connectivity index (χ4n) is 2.77. The van der Waals surface area contributed by atoms with E-state index < -0.39 is 0 Å². The molecule has 0 radical (unpaired) electrons. The molecule has 0 saturated carbocycles. The lowest BCUT2D eigenvalue weighted by molar-refractivity contribution is 0.107. The number of carbonyl (C=O) groups is 1. The third-order valence-corrected chi connectivity index (χ3v) is 4.37. The predicted molar refractivity (Wildman–Crippen MR) is 99.7 cm³/mol. The highest BCUT2D eigenvalue weighted by atomic mass is 16.5. The number of rotatable bonds is 13. The Morgan fingerprint density at radius 1 is 0.870 bits per heavy atom. The van der Waals surface area contributed by atoms with Gasteiger partial charge in [-0.25, -0.2) is 4.79 Å². The maximum atomic E-state index is 11.7. The second-order valence-corrected chi connectivity index (χ2v) is 8.11. The van der Waals surface area contributed by atoms with Crippen LogP contribution < -0.4 is 5.32 Å². The third-order valence-electron chi connectivity index (χ3n) is 4.37. The van der Waals surface area contributed by atoms with Crippen molar-refractivity contribution >= 4 is 6.09 Å². The van der Waals surface area contributed by atoms with Crippen LogP contribution in [0.5, 0.6) is 0 Å². The average Bonchev–Trinajstić information content (AvgIpc) is 2.45. The SMILES string of the molecule is CC(C)CCCCCCCNC(=O)OCC(CC(C)C)C(C)C. The topological polar surface area (TPSA) is 38.3 Å². The first-order valence-electron chi connectivity index (χ1n) is 9.73. The van der Waals surface area contributed by atoms with Crippen LogP contribution in [0.1, 0.15) is 86.5 Å². The minimum Gasteiger partial charge on any atom is -0.449 e. The van der Waals surface area contributed by atoms with Gasteiger partial charge in [-0.3, -0.25) is 0 Å². The normalized spacial score (nSPS) is 12.9. The van der Waals surface area contributed by atoms with Gasteiger partial charge in [0.05, 0.1) is 6.61 Å². The molecule has 0 aliphatic carbocycles. The minimum absolute atomic E-state index is 0.251. The summed E-state index contributed by atoms with van der Waals surface area (Å²) in [4.78, 5) is 11.7. The van der Waals surface area contributed by atoms with Crippen LogP contribution in [0.25, 0.3) is 0 Å². The van der Waals surface area contributed by atoms with Crippen LogP contribution in [0.3, 0.4) is 0 Å². The molecule has 0 saturated heterocycles. The van der Waals surface area contributed by atoms with Crippen LogP contribution in [0, 0.1) is 23.7 Å². The maximum absolute atomic E-state index is 11.7. The van der Waals surface area contributed by atoms with E-state index >= 15 is 0 Å². The van der Waals surface area contributed by atoms with Gasteiger partial charge in [-0.1, -0.05) is 73.6 Å². The van der Waals surface area contributed by atoms with E-state index in [9.17, 15) is 4.79 Å². The van der Waals surface area contributed by atoms with Gasteiger partial charge in [-0.05, 0) is 36.5 Å². The molecule has 23 heavy (non-hydrogen) atoms. The Morgan fingerprint density at radius 3 is 2.04 bits per heavy atom. The Kier molecular flexibility index (Phi) is 13.3. The van der Waals surface area contributed by atoms with E-state index in [1.165, 1.54) is 32.1 Å². The minimum atomic E-state index is -0.251. The van der Waals surface area contributed by atoms with E-state index in [4.69, 9.17) is 4.74 Å². The molecule has 1 amide bonds. The molecule has 0 aliphatic heterocycles. The molecule has 3 heteroatoms. The largest absolute Gasteiger partial charge is 0.449 e. The molecule has 0 bridgehead atoms. The lowest BCUT2D eigenvalue weighted by Crippen LogP contribution is -2.29. The van der Waals surface area contributed by atoms with Gasteiger partial charge in [0.2, 0.25) is 0 Å². The summed E-state index contributed by atoms with van der Waals surface area (Å²) >= 11 is 0. The van der Waals surface area contributed by atoms with Gasteiger partial charge >= 0.3 is 6.09 Å². The van der Waals surface area contributed by atoms with Crippen LogP contribution in [-0.2, 0) is 4.74 Å². The molecule has 0 heterocycles. The number of unbranched alkanes of at least 4 members (excludes halogenated alkanes) is 4. The molecule has 0 fully saturated rings. The zero-order chi connectivity index (χ0) is 17.7. The van der Waals surface area contributed by atoms with E-state index in [-0.39, 0.29) is 6.09 Å². The maximum Gasteiger partial charge on any atom is 0.407 e. The van der Waals surface area contributed by atoms with Gasteiger partial charge in [-0.2, -0.15) is 0 Å². The Balaban J connectivity index is 3.59. The zero-order valence-corrected chi connectivity index (χ0v) is 16.5. The zero-order valence-electron chi connectivity index (χ0n) is 16.5. The number of amides is 1. The van der Waals surface area contributed by atoms with Crippen molar-refractivity contribution in [2.24, 2.45) is 23.7 Å². The summed E-state index contributed by atoms with van der Waals surface area (Å²) in [6, 6.07) is 0. The first-order valence-corrected chi connectivity index (χ1v) is 9.73. The van der Waals surface area contributed by atoms with Crippen molar-refractivity contribution in [2.75, 3.05) is 13.2 Å². The van der Waals surface area contributed by atoms with Gasteiger partial charge in [0.25, 0.3) is 0 Å². The van der Waals surface area contributed by atoms with Crippen molar-refractivity contribution < 1.29 is 9.53 Å². The highest BCUT2D eigenvalue weighted by molar-refractivity contribution is 5.67. The molecule has 0 aromatic heterocycles. The van der Waals surface area contributed by atoms with Crippen molar-refractivity contribution in [3.05, 3.63) is 0 Å². The average molecular weight is 328 g/mol. The second-order valence-electron chi connectivity index (χ2n) is 8.11. The van der Waals surface area contributed by atoms with Crippen LogP contribution in [0.2, 0.25) is 0 Å². The number of carbonyl (C=O) groups excluding carboxylic acids is 1. The summed E-state index contributed by atoms with van der Waals surface area (Å²) in [5.74, 6) is 2.47. The molecule has 0 rings (SSSR count). The third kappa shape index (κ3) is 14.6. The number of alkyl carbamates (subject to hydrolysis) is 1. The lowest BCUT2D eigenvalue weighted by Gasteiger charge is -2.22. The molecule has 1 N–H and O–H groups in total. The van der Waals surface area contributed by atoms with Crippen molar-refractivity contribution in [3.63, 3.8) is 0 Å². The van der Waals surface area contributed by atoms with Gasteiger partial charge < -0.3 is 10.1 Å². The molecule has 138 valence electrons. The molecule has 1 atom stereocenters. The Labute approximate surface area is 144 Å². The molecule has 0 aromatic rings. The molecule has 3 nitrogen and oxygen atoms in total. The van der Waals surface area contributed by atoms with Crippen molar-refractivity contribution in [1.29, 1.82) is 0 Å². The Bertz CT molecular complexity index is 287. The summed E-state index contributed by atoms with van der Waals surface area (Å²) in [6.45, 7) is 14.7. The quantitative estimate of drug-likeness (QED) is 0.420. The Hall–Kier alpha value is -0.730. The van der Waals surface area contributed by atoms with Gasteiger partial charge in [0.15, 0.2) is 0 Å². The van der Waals surface area contributed by atoms with Crippen LogP contribution >= 0.6 is 0 Å². The summed E-state index contributed by atoms with van der Waals surface area (Å²) in [7, 11) is 0. The highest BCUT2D eigenvalue weighted by Gasteiger charge is 2.17. The fourth-order valence-corrected chi connectivity index (χ4v) is 2.77. The monoisotopic (exact) mass is 327 g/mol. The van der Waals surface area contributed by atoms with Crippen LogP contribution in [0.15, 0.2) is 0 Å². The molecular formula is C20H41NO2. The first kappa shape index (κ1) is 22.3. The van der Waals surface area contributed by atoms with E-state index in [0.717, 1.165) is 25.3 Å². The van der Waals surface area contributed by atoms with E-state index in [1.54, 1.807) is 0 Å². The van der Waals surface area contributed by atoms with Crippen molar-refractivity contribution in [1.82, 2.24) is 5.32 Å². The summed E-state index contributed by atoms with van der Waals surface area (Å²) in [5, 5.41) is 2.88.